The smallest absolute Gasteiger partial charge is 0.0354 e. The quantitative estimate of drug-likeness (QED) is 0.460. The molecule has 0 aliphatic carbocycles. The van der Waals surface area contributed by atoms with Crippen LogP contribution in [0, 0.1) is 0 Å². The van der Waals surface area contributed by atoms with Crippen molar-refractivity contribution >= 4 is 0 Å². The fourth-order valence-corrected chi connectivity index (χ4v) is 0.342. The predicted octanol–water partition coefficient (Wildman–Crippen LogP) is 1.01. The average Bonchev–Trinajstić information content (AvgIpc) is 1.69. The molecule has 0 saturated carbocycles. The van der Waals surface area contributed by atoms with E-state index in [9.17, 15) is 0 Å². The lowest BCUT2D eigenvalue weighted by molar-refractivity contribution is 1.11. The van der Waals surface area contributed by atoms with Crippen molar-refractivity contribution in [2.24, 2.45) is 0 Å². The maximum atomic E-state index is 7.06. The Morgan fingerprint density at radius 1 is 1.50 bits per heavy atom. The van der Waals surface area contributed by atoms with Crippen molar-refractivity contribution in [3.8, 4) is 0 Å². The number of hydrogen-bond acceptors (Lipinski definition) is 1. The third-order valence-corrected chi connectivity index (χ3v) is 0.607. The van der Waals surface area contributed by atoms with Crippen LogP contribution in [0.1, 0.15) is 7.77 Å². The minimum absolute atomic E-state index is 0.138. The molecule has 0 spiro atoms. The standard InChI is InChI=1S/C5H7N/c1-2-4-6-5-3-1/h2-6H,1H2/i1D. The second-order valence-corrected chi connectivity index (χ2v) is 1.08. The van der Waals surface area contributed by atoms with E-state index in [4.69, 9.17) is 1.37 Å². The fraction of sp³-hybridized carbons (Fsp3) is 0.200. The molecule has 0 aromatic carbocycles. The Morgan fingerprint density at radius 3 is 2.50 bits per heavy atom. The van der Waals surface area contributed by atoms with E-state index >= 15 is 0 Å². The zero-order valence-corrected chi connectivity index (χ0v) is 3.39. The molecule has 1 N–H and O–H groups in total. The lowest BCUT2D eigenvalue weighted by Gasteiger charge is -1.92. The zero-order valence-electron chi connectivity index (χ0n) is 4.39. The lowest BCUT2D eigenvalue weighted by Crippen LogP contribution is -1.93. The molecule has 1 aliphatic rings. The molecule has 0 bridgehead atoms. The van der Waals surface area contributed by atoms with Crippen LogP contribution >= 0.6 is 0 Å². The first kappa shape index (κ1) is 2.45. The summed E-state index contributed by atoms with van der Waals surface area (Å²) in [5.41, 5.74) is 0. The molecule has 1 heteroatoms. The number of hydrogen-bond donors (Lipinski definition) is 1. The third kappa shape index (κ3) is 0.612. The largest absolute Gasteiger partial charge is 0.368 e. The van der Waals surface area contributed by atoms with E-state index in [0.29, 0.717) is 0 Å². The summed E-state index contributed by atoms with van der Waals surface area (Å²) in [4.78, 5) is 0. The molecule has 0 radical (unpaired) electrons. The number of nitrogens with one attached hydrogen (secondary N) is 1. The molecule has 1 nitrogen and oxygen atoms in total. The molecule has 0 amide bonds. The van der Waals surface area contributed by atoms with E-state index in [2.05, 4.69) is 5.32 Å². The van der Waals surface area contributed by atoms with Crippen molar-refractivity contribution in [1.29, 1.82) is 0 Å². The van der Waals surface area contributed by atoms with Gasteiger partial charge in [0.25, 0.3) is 0 Å². The van der Waals surface area contributed by atoms with Crippen molar-refractivity contribution in [2.45, 2.75) is 6.40 Å². The van der Waals surface area contributed by atoms with Gasteiger partial charge in [0.15, 0.2) is 0 Å². The number of allylic oxidation sites excluding steroid dienone is 2. The molecule has 1 aliphatic heterocycles. The summed E-state index contributed by atoms with van der Waals surface area (Å²) < 4.78 is 7.06. The van der Waals surface area contributed by atoms with E-state index in [1.54, 1.807) is 24.6 Å². The summed E-state index contributed by atoms with van der Waals surface area (Å²) in [6.45, 7) is 0. The fourth-order valence-electron chi connectivity index (χ4n) is 0.342. The van der Waals surface area contributed by atoms with Crippen LogP contribution in [0.4, 0.5) is 0 Å². The number of dihydropyridines is 1. The van der Waals surface area contributed by atoms with Gasteiger partial charge in [-0.1, -0.05) is 12.2 Å². The van der Waals surface area contributed by atoms with Crippen LogP contribution in [-0.4, -0.2) is 0 Å². The third-order valence-electron chi connectivity index (χ3n) is 0.607. The summed E-state index contributed by atoms with van der Waals surface area (Å²) in [5, 5.41) is 2.83. The molecule has 1 rings (SSSR count). The van der Waals surface area contributed by atoms with Crippen molar-refractivity contribution in [1.82, 2.24) is 5.32 Å². The van der Waals surface area contributed by atoms with Gasteiger partial charge < -0.3 is 5.32 Å². The summed E-state index contributed by atoms with van der Waals surface area (Å²) in [6, 6.07) is 0. The van der Waals surface area contributed by atoms with Gasteiger partial charge in [0.1, 0.15) is 0 Å². The first-order chi connectivity index (χ1) is 3.39. The van der Waals surface area contributed by atoms with Gasteiger partial charge in [0.05, 0.1) is 0 Å². The van der Waals surface area contributed by atoms with Crippen LogP contribution in [0.3, 0.4) is 0 Å². The Morgan fingerprint density at radius 2 is 2.17 bits per heavy atom. The maximum Gasteiger partial charge on any atom is 0.0354 e. The van der Waals surface area contributed by atoms with Gasteiger partial charge in [-0.15, -0.1) is 0 Å². The Kier molecular flexibility index (Phi) is 0.675. The molecule has 0 unspecified atom stereocenters. The Hall–Kier alpha value is -0.720. The van der Waals surface area contributed by atoms with Crippen LogP contribution in [0.5, 0.6) is 0 Å². The molecular formula is C5H7N. The van der Waals surface area contributed by atoms with Crippen molar-refractivity contribution in [3.05, 3.63) is 24.6 Å². The van der Waals surface area contributed by atoms with Crippen LogP contribution in [0.15, 0.2) is 24.6 Å². The highest BCUT2D eigenvalue weighted by Gasteiger charge is 1.73. The van der Waals surface area contributed by atoms with E-state index in [0.717, 1.165) is 0 Å². The van der Waals surface area contributed by atoms with Gasteiger partial charge in [0.2, 0.25) is 0 Å². The first-order valence-electron chi connectivity index (χ1n) is 2.49. The van der Waals surface area contributed by atoms with Gasteiger partial charge >= 0.3 is 0 Å². The molecule has 32 valence electrons. The topological polar surface area (TPSA) is 12.0 Å². The van der Waals surface area contributed by atoms with Crippen LogP contribution in [0.25, 0.3) is 0 Å². The van der Waals surface area contributed by atoms with E-state index < -0.39 is 0 Å². The van der Waals surface area contributed by atoms with Gasteiger partial charge in [-0.05, 0) is 18.8 Å². The van der Waals surface area contributed by atoms with Crippen LogP contribution in [-0.2, 0) is 0 Å². The van der Waals surface area contributed by atoms with Crippen LogP contribution < -0.4 is 5.32 Å². The monoisotopic (exact) mass is 82.1 g/mol. The van der Waals surface area contributed by atoms with Crippen molar-refractivity contribution < 1.29 is 1.37 Å². The lowest BCUT2D eigenvalue weighted by atomic mass is 10.4. The maximum absolute atomic E-state index is 7.06. The first-order valence-corrected chi connectivity index (χ1v) is 1.91. The van der Waals surface area contributed by atoms with Crippen molar-refractivity contribution in [2.75, 3.05) is 0 Å². The van der Waals surface area contributed by atoms with Gasteiger partial charge in [-0.25, -0.2) is 0 Å². The molecule has 0 saturated heterocycles. The SMILES string of the molecule is [2H]C1C=CNC=C1. The van der Waals surface area contributed by atoms with E-state index in [1.807, 2.05) is 0 Å². The minimum atomic E-state index is -0.138. The summed E-state index contributed by atoms with van der Waals surface area (Å²) in [5.74, 6) is 0. The average molecular weight is 82.1 g/mol. The second-order valence-electron chi connectivity index (χ2n) is 1.08. The predicted molar refractivity (Wildman–Crippen MR) is 26.0 cm³/mol. The van der Waals surface area contributed by atoms with E-state index in [-0.39, 0.29) is 6.40 Å². The number of rotatable bonds is 0. The Labute approximate surface area is 38.8 Å². The Balaban J connectivity index is 2.49. The highest BCUT2D eigenvalue weighted by Crippen LogP contribution is 1.86. The Bertz CT molecular complexity index is 94.6. The molecule has 0 aromatic rings. The highest BCUT2D eigenvalue weighted by molar-refractivity contribution is 4.98. The zero-order chi connectivity index (χ0) is 5.11. The minimum Gasteiger partial charge on any atom is -0.368 e. The molecule has 0 atom stereocenters. The molecule has 6 heavy (non-hydrogen) atoms. The van der Waals surface area contributed by atoms with E-state index in [1.165, 1.54) is 0 Å². The summed E-state index contributed by atoms with van der Waals surface area (Å²) in [6.07, 6.45) is 6.94. The van der Waals surface area contributed by atoms with Crippen LogP contribution in [0.2, 0.25) is 0 Å². The molecule has 0 fully saturated rings. The van der Waals surface area contributed by atoms with Gasteiger partial charge in [0, 0.05) is 1.37 Å². The molecule has 0 aromatic heterocycles. The highest BCUT2D eigenvalue weighted by atomic mass is 14.8. The summed E-state index contributed by atoms with van der Waals surface area (Å²) >= 11 is 0. The normalized spacial score (nSPS) is 23.0. The van der Waals surface area contributed by atoms with Gasteiger partial charge in [-0.2, -0.15) is 0 Å². The molecule has 1 heterocycles. The van der Waals surface area contributed by atoms with Gasteiger partial charge in [-0.3, -0.25) is 0 Å². The molecular weight excluding hydrogens is 74.1 g/mol. The van der Waals surface area contributed by atoms with Crippen molar-refractivity contribution in [3.63, 3.8) is 0 Å². The second kappa shape index (κ2) is 1.65. The summed E-state index contributed by atoms with van der Waals surface area (Å²) in [7, 11) is 0.